The minimum atomic E-state index is -0.472. The molecule has 3 aromatic rings. The van der Waals surface area contributed by atoms with Gasteiger partial charge in [0.1, 0.15) is 0 Å². The predicted molar refractivity (Wildman–Crippen MR) is 132 cm³/mol. The number of hydrogen-bond acceptors (Lipinski definition) is 4. The lowest BCUT2D eigenvalue weighted by Crippen LogP contribution is -2.38. The Kier molecular flexibility index (Phi) is 5.12. The molecule has 1 N–H and O–H groups in total. The molecule has 1 atom stereocenters. The van der Waals surface area contributed by atoms with Gasteiger partial charge in [-0.1, -0.05) is 62.4 Å². The molecule has 0 saturated carbocycles. The zero-order chi connectivity index (χ0) is 23.3. The van der Waals surface area contributed by atoms with Crippen LogP contribution in [0.3, 0.4) is 0 Å². The maximum Gasteiger partial charge on any atom is 0.336 e. The van der Waals surface area contributed by atoms with Crippen molar-refractivity contribution >= 4 is 33.3 Å². The lowest BCUT2D eigenvalue weighted by molar-refractivity contribution is -0.138. The number of ketones is 1. The van der Waals surface area contributed by atoms with Gasteiger partial charge in [0.05, 0.1) is 12.2 Å². The van der Waals surface area contributed by atoms with E-state index in [1.807, 2.05) is 38.1 Å². The fraction of sp³-hybridized carbons (Fsp3) is 0.310. The van der Waals surface area contributed by atoms with Gasteiger partial charge in [0, 0.05) is 29.3 Å². The van der Waals surface area contributed by atoms with Gasteiger partial charge in [0.15, 0.2) is 5.78 Å². The molecule has 33 heavy (non-hydrogen) atoms. The van der Waals surface area contributed by atoms with Crippen LogP contribution in [0.5, 0.6) is 0 Å². The topological polar surface area (TPSA) is 55.4 Å². The number of dihydropyridines is 1. The van der Waals surface area contributed by atoms with Crippen molar-refractivity contribution in [1.82, 2.24) is 5.32 Å². The molecular formula is C29H29NO3. The summed E-state index contributed by atoms with van der Waals surface area (Å²) < 4.78 is 5.51. The third-order valence-electron chi connectivity index (χ3n) is 6.84. The lowest BCUT2D eigenvalue weighted by atomic mass is 9.67. The molecule has 4 nitrogen and oxygen atoms in total. The molecule has 0 saturated heterocycles. The number of nitrogens with one attached hydrogen (secondary N) is 1. The summed E-state index contributed by atoms with van der Waals surface area (Å²) in [6.45, 7) is 8.26. The van der Waals surface area contributed by atoms with Gasteiger partial charge in [0.25, 0.3) is 0 Å². The largest absolute Gasteiger partial charge is 0.463 e. The van der Waals surface area contributed by atoms with Gasteiger partial charge in [0.2, 0.25) is 0 Å². The van der Waals surface area contributed by atoms with Crippen LogP contribution >= 0.6 is 0 Å². The maximum atomic E-state index is 13.7. The van der Waals surface area contributed by atoms with E-state index in [-0.39, 0.29) is 23.8 Å². The van der Waals surface area contributed by atoms with E-state index in [2.05, 4.69) is 49.5 Å². The van der Waals surface area contributed by atoms with Crippen molar-refractivity contribution in [2.75, 3.05) is 6.61 Å². The van der Waals surface area contributed by atoms with E-state index in [4.69, 9.17) is 4.74 Å². The summed E-state index contributed by atoms with van der Waals surface area (Å²) >= 11 is 0. The number of rotatable bonds is 3. The van der Waals surface area contributed by atoms with Crippen molar-refractivity contribution in [3.8, 4) is 0 Å². The van der Waals surface area contributed by atoms with E-state index in [1.165, 1.54) is 0 Å². The molecule has 1 aliphatic heterocycles. The molecule has 0 fully saturated rings. The Morgan fingerprint density at radius 1 is 1.03 bits per heavy atom. The molecule has 0 bridgehead atoms. The van der Waals surface area contributed by atoms with Crippen molar-refractivity contribution in [1.29, 1.82) is 0 Å². The minimum absolute atomic E-state index is 0.102. The number of benzene rings is 3. The number of hydrogen-bond donors (Lipinski definition) is 1. The van der Waals surface area contributed by atoms with Gasteiger partial charge >= 0.3 is 5.97 Å². The van der Waals surface area contributed by atoms with E-state index in [9.17, 15) is 9.59 Å². The van der Waals surface area contributed by atoms with Crippen LogP contribution < -0.4 is 5.32 Å². The lowest BCUT2D eigenvalue weighted by Gasteiger charge is -2.40. The Balaban J connectivity index is 1.88. The van der Waals surface area contributed by atoms with Crippen molar-refractivity contribution in [3.05, 3.63) is 82.7 Å². The molecule has 5 rings (SSSR count). The molecular weight excluding hydrogens is 410 g/mol. The summed E-state index contributed by atoms with van der Waals surface area (Å²) in [4.78, 5) is 27.0. The highest BCUT2D eigenvalue weighted by atomic mass is 16.5. The first-order chi connectivity index (χ1) is 15.8. The summed E-state index contributed by atoms with van der Waals surface area (Å²) in [5.41, 5.74) is 3.82. The van der Waals surface area contributed by atoms with Crippen molar-refractivity contribution in [2.24, 2.45) is 5.41 Å². The zero-order valence-corrected chi connectivity index (χ0v) is 19.6. The average Bonchev–Trinajstić information content (AvgIpc) is 2.75. The zero-order valence-electron chi connectivity index (χ0n) is 19.6. The van der Waals surface area contributed by atoms with Crippen LogP contribution in [0.15, 0.2) is 77.1 Å². The minimum Gasteiger partial charge on any atom is -0.463 e. The Hall–Kier alpha value is -3.40. The maximum absolute atomic E-state index is 13.7. The highest BCUT2D eigenvalue weighted by Crippen LogP contribution is 2.49. The van der Waals surface area contributed by atoms with Crippen LogP contribution in [-0.4, -0.2) is 18.4 Å². The summed E-state index contributed by atoms with van der Waals surface area (Å²) in [6.07, 6.45) is 1.22. The fourth-order valence-corrected chi connectivity index (χ4v) is 5.56. The monoisotopic (exact) mass is 439 g/mol. The van der Waals surface area contributed by atoms with Crippen LogP contribution in [0.4, 0.5) is 0 Å². The molecule has 0 unspecified atom stereocenters. The quantitative estimate of drug-likeness (QED) is 0.392. The summed E-state index contributed by atoms with van der Waals surface area (Å²) in [7, 11) is 0. The van der Waals surface area contributed by atoms with E-state index >= 15 is 0 Å². The Morgan fingerprint density at radius 3 is 2.24 bits per heavy atom. The normalized spacial score (nSPS) is 20.1. The van der Waals surface area contributed by atoms with Crippen molar-refractivity contribution in [3.63, 3.8) is 0 Å². The molecule has 0 radical (unpaired) electrons. The van der Waals surface area contributed by atoms with Crippen LogP contribution in [0.25, 0.3) is 21.5 Å². The van der Waals surface area contributed by atoms with Gasteiger partial charge in [-0.3, -0.25) is 4.79 Å². The van der Waals surface area contributed by atoms with Crippen molar-refractivity contribution < 1.29 is 14.3 Å². The molecule has 0 amide bonds. The number of ether oxygens (including phenoxy) is 1. The van der Waals surface area contributed by atoms with Gasteiger partial charge < -0.3 is 10.1 Å². The Labute approximate surface area is 194 Å². The molecule has 2 aliphatic rings. The average molecular weight is 440 g/mol. The summed E-state index contributed by atoms with van der Waals surface area (Å²) in [5, 5.41) is 7.73. The summed E-state index contributed by atoms with van der Waals surface area (Å²) in [5.74, 6) is -0.737. The van der Waals surface area contributed by atoms with E-state index in [1.54, 1.807) is 0 Å². The van der Waals surface area contributed by atoms with Crippen LogP contribution in [-0.2, 0) is 14.3 Å². The summed E-state index contributed by atoms with van der Waals surface area (Å²) in [6, 6.07) is 18.6. The molecule has 0 aromatic heterocycles. The molecule has 0 spiro atoms. The fourth-order valence-electron chi connectivity index (χ4n) is 5.56. The molecule has 1 heterocycles. The molecule has 168 valence electrons. The van der Waals surface area contributed by atoms with E-state index in [0.29, 0.717) is 17.6 Å². The molecule has 1 aliphatic carbocycles. The first kappa shape index (κ1) is 21.4. The second-order valence-electron chi connectivity index (χ2n) is 9.88. The van der Waals surface area contributed by atoms with Crippen LogP contribution in [0, 0.1) is 5.41 Å². The number of fused-ring (bicyclic) bond motifs is 2. The number of carbonyl (C=O) groups excluding carboxylic acids is 2. The predicted octanol–water partition coefficient (Wildman–Crippen LogP) is 6.16. The SMILES string of the molecule is CCOC(=O)C1=C(C)NC2=C(C(=O)CC(C)(C)C2)[C@H]1c1c2ccccc2cc2ccccc12. The highest BCUT2D eigenvalue weighted by Gasteiger charge is 2.44. The van der Waals surface area contributed by atoms with Gasteiger partial charge in [-0.15, -0.1) is 0 Å². The van der Waals surface area contributed by atoms with E-state index in [0.717, 1.165) is 44.9 Å². The van der Waals surface area contributed by atoms with Crippen LogP contribution in [0.1, 0.15) is 52.0 Å². The van der Waals surface area contributed by atoms with E-state index < -0.39 is 5.92 Å². The van der Waals surface area contributed by atoms with Crippen molar-refractivity contribution in [2.45, 2.75) is 46.5 Å². The standard InChI is InChI=1S/C29H29NO3/c1-5-33-28(32)24-17(2)30-22-15-29(3,4)16-23(31)26(22)27(24)25-20-12-8-6-10-18(20)14-19-11-7-9-13-21(19)25/h6-14,27,30H,5,15-16H2,1-4H3/t27-/m1/s1. The Bertz CT molecular complexity index is 1320. The van der Waals surface area contributed by atoms with Gasteiger partial charge in [-0.05, 0) is 58.9 Å². The number of Topliss-reactive ketones (excluding diaryl/α,β-unsaturated/α-hetero) is 1. The van der Waals surface area contributed by atoms with Gasteiger partial charge in [-0.25, -0.2) is 4.79 Å². The second-order valence-corrected chi connectivity index (χ2v) is 9.88. The second kappa shape index (κ2) is 7.87. The third kappa shape index (κ3) is 3.54. The first-order valence-corrected chi connectivity index (χ1v) is 11.6. The number of carbonyl (C=O) groups is 2. The van der Waals surface area contributed by atoms with Gasteiger partial charge in [-0.2, -0.15) is 0 Å². The first-order valence-electron chi connectivity index (χ1n) is 11.6. The highest BCUT2D eigenvalue weighted by molar-refractivity contribution is 6.10. The molecule has 4 heteroatoms. The Morgan fingerprint density at radius 2 is 1.64 bits per heavy atom. The third-order valence-corrected chi connectivity index (χ3v) is 6.84. The smallest absolute Gasteiger partial charge is 0.336 e. The molecule has 3 aromatic carbocycles. The number of esters is 1. The number of allylic oxidation sites excluding steroid dienone is 3. The van der Waals surface area contributed by atoms with Crippen LogP contribution in [0.2, 0.25) is 0 Å².